The molecule has 3 rings (SSSR count). The van der Waals surface area contributed by atoms with Crippen LogP contribution in [-0.4, -0.2) is 23.9 Å². The zero-order valence-corrected chi connectivity index (χ0v) is 14.3. The predicted molar refractivity (Wildman–Crippen MR) is 93.1 cm³/mol. The lowest BCUT2D eigenvalue weighted by Gasteiger charge is -2.28. The summed E-state index contributed by atoms with van der Waals surface area (Å²) in [5.41, 5.74) is 6.04. The maximum atomic E-state index is 12.2. The Hall–Kier alpha value is -1.30. The molecule has 0 spiro atoms. The number of rotatable bonds is 4. The van der Waals surface area contributed by atoms with Crippen LogP contribution in [0.5, 0.6) is 0 Å². The van der Waals surface area contributed by atoms with Crippen LogP contribution in [0.2, 0.25) is 5.02 Å². The number of fused-ring (bicyclic) bond motifs is 2. The molecule has 1 aromatic carbocycles. The molecule has 5 nitrogen and oxygen atoms in total. The minimum Gasteiger partial charge on any atom is -0.366 e. The third-order valence-electron chi connectivity index (χ3n) is 4.56. The van der Waals surface area contributed by atoms with E-state index in [9.17, 15) is 9.59 Å². The summed E-state index contributed by atoms with van der Waals surface area (Å²) in [5.74, 6) is -0.193. The Morgan fingerprint density at radius 3 is 2.52 bits per heavy atom. The first-order valence-corrected chi connectivity index (χ1v) is 8.04. The summed E-state index contributed by atoms with van der Waals surface area (Å²) in [6, 6.07) is 5.93. The number of benzene rings is 1. The fourth-order valence-corrected chi connectivity index (χ4v) is 3.82. The van der Waals surface area contributed by atoms with Gasteiger partial charge in [-0.05, 0) is 49.8 Å². The molecule has 0 radical (unpaired) electrons. The van der Waals surface area contributed by atoms with Gasteiger partial charge in [0.15, 0.2) is 0 Å². The Balaban J connectivity index is 0.00000192. The zero-order valence-electron chi connectivity index (χ0n) is 12.7. The number of nitrogens with one attached hydrogen (secondary N) is 2. The quantitative estimate of drug-likeness (QED) is 0.774. The van der Waals surface area contributed by atoms with Crippen LogP contribution in [0.25, 0.3) is 0 Å². The number of anilines is 1. The summed E-state index contributed by atoms with van der Waals surface area (Å²) in [4.78, 5) is 23.5. The third kappa shape index (κ3) is 4.37. The Bertz CT molecular complexity index is 597. The normalized spacial score (nSPS) is 25.5. The number of halogens is 2. The highest BCUT2D eigenvalue weighted by Gasteiger charge is 2.34. The molecule has 2 heterocycles. The van der Waals surface area contributed by atoms with Gasteiger partial charge in [-0.25, -0.2) is 0 Å². The average Bonchev–Trinajstić information content (AvgIpc) is 2.79. The molecule has 4 N–H and O–H groups in total. The highest BCUT2D eigenvalue weighted by atomic mass is 35.5. The predicted octanol–water partition coefficient (Wildman–Crippen LogP) is 2.72. The van der Waals surface area contributed by atoms with Crippen LogP contribution in [0.4, 0.5) is 5.69 Å². The number of piperidine rings is 1. The molecule has 0 saturated carbocycles. The average molecular weight is 358 g/mol. The number of nitrogens with two attached hydrogens (primary N) is 1. The Morgan fingerprint density at radius 2 is 1.91 bits per heavy atom. The van der Waals surface area contributed by atoms with Gasteiger partial charge in [-0.2, -0.15) is 0 Å². The van der Waals surface area contributed by atoms with E-state index in [4.69, 9.17) is 17.3 Å². The highest BCUT2D eigenvalue weighted by Crippen LogP contribution is 2.32. The molecule has 7 heteroatoms. The van der Waals surface area contributed by atoms with Crippen molar-refractivity contribution in [1.29, 1.82) is 0 Å². The third-order valence-corrected chi connectivity index (χ3v) is 4.89. The molecule has 2 saturated heterocycles. The SMILES string of the molecule is Cl.NC(=O)c1cc(NC(=O)CC2CC3CCC(C2)N3)ccc1Cl. The van der Waals surface area contributed by atoms with Crippen molar-refractivity contribution in [3.05, 3.63) is 28.8 Å². The van der Waals surface area contributed by atoms with Crippen molar-refractivity contribution >= 4 is 41.5 Å². The standard InChI is InChI=1S/C16H20ClN3O2.ClH/c17-14-4-3-12(8-13(14)16(18)22)20-15(21)7-9-5-10-1-2-11(6-9)19-10;/h3-4,8-11,19H,1-2,5-7H2,(H2,18,22)(H,20,21);1H. The van der Waals surface area contributed by atoms with Crippen LogP contribution in [0.3, 0.4) is 0 Å². The molecular weight excluding hydrogens is 337 g/mol. The first kappa shape index (κ1) is 18.0. The van der Waals surface area contributed by atoms with Crippen LogP contribution in [-0.2, 0) is 4.79 Å². The number of carbonyl (C=O) groups is 2. The lowest BCUT2D eigenvalue weighted by molar-refractivity contribution is -0.117. The van der Waals surface area contributed by atoms with Gasteiger partial charge in [-0.1, -0.05) is 11.6 Å². The second kappa shape index (κ2) is 7.51. The fraction of sp³-hybridized carbons (Fsp3) is 0.500. The first-order valence-electron chi connectivity index (χ1n) is 7.66. The molecule has 2 unspecified atom stereocenters. The molecule has 2 bridgehead atoms. The van der Waals surface area contributed by atoms with Gasteiger partial charge in [0.05, 0.1) is 10.6 Å². The summed E-state index contributed by atoms with van der Waals surface area (Å²) in [6.45, 7) is 0. The molecule has 2 atom stereocenters. The van der Waals surface area contributed by atoms with E-state index in [-0.39, 0.29) is 23.9 Å². The van der Waals surface area contributed by atoms with Crippen molar-refractivity contribution in [2.75, 3.05) is 5.32 Å². The Labute approximate surface area is 146 Å². The summed E-state index contributed by atoms with van der Waals surface area (Å²) in [7, 11) is 0. The van der Waals surface area contributed by atoms with Gasteiger partial charge in [-0.3, -0.25) is 9.59 Å². The summed E-state index contributed by atoms with van der Waals surface area (Å²) in [5, 5.41) is 6.70. The zero-order chi connectivity index (χ0) is 15.7. The van der Waals surface area contributed by atoms with E-state index in [1.165, 1.54) is 18.9 Å². The van der Waals surface area contributed by atoms with E-state index < -0.39 is 5.91 Å². The van der Waals surface area contributed by atoms with Crippen LogP contribution < -0.4 is 16.4 Å². The van der Waals surface area contributed by atoms with Gasteiger partial charge >= 0.3 is 0 Å². The van der Waals surface area contributed by atoms with Crippen LogP contribution in [0.15, 0.2) is 18.2 Å². The van der Waals surface area contributed by atoms with E-state index in [1.807, 2.05) is 0 Å². The van der Waals surface area contributed by atoms with E-state index in [0.29, 0.717) is 35.1 Å². The van der Waals surface area contributed by atoms with Crippen LogP contribution in [0.1, 0.15) is 42.5 Å². The number of hydrogen-bond donors (Lipinski definition) is 3. The summed E-state index contributed by atoms with van der Waals surface area (Å²) in [6.07, 6.45) is 5.10. The van der Waals surface area contributed by atoms with Gasteiger partial charge in [-0.15, -0.1) is 12.4 Å². The van der Waals surface area contributed by atoms with Crippen molar-refractivity contribution in [3.63, 3.8) is 0 Å². The van der Waals surface area contributed by atoms with Crippen molar-refractivity contribution in [2.24, 2.45) is 11.7 Å². The van der Waals surface area contributed by atoms with E-state index in [1.54, 1.807) is 12.1 Å². The monoisotopic (exact) mass is 357 g/mol. The van der Waals surface area contributed by atoms with Crippen molar-refractivity contribution in [3.8, 4) is 0 Å². The largest absolute Gasteiger partial charge is 0.366 e. The molecule has 126 valence electrons. The summed E-state index contributed by atoms with van der Waals surface area (Å²) >= 11 is 5.90. The van der Waals surface area contributed by atoms with Gasteiger partial charge < -0.3 is 16.4 Å². The van der Waals surface area contributed by atoms with E-state index >= 15 is 0 Å². The molecular formula is C16H21Cl2N3O2. The van der Waals surface area contributed by atoms with Gasteiger partial charge in [0.1, 0.15) is 0 Å². The van der Waals surface area contributed by atoms with Crippen molar-refractivity contribution < 1.29 is 9.59 Å². The first-order chi connectivity index (χ1) is 10.5. The number of primary amides is 1. The number of carbonyl (C=O) groups excluding carboxylic acids is 2. The smallest absolute Gasteiger partial charge is 0.250 e. The van der Waals surface area contributed by atoms with E-state index in [2.05, 4.69) is 10.6 Å². The molecule has 23 heavy (non-hydrogen) atoms. The lowest BCUT2D eigenvalue weighted by atomic mass is 9.89. The number of hydrogen-bond acceptors (Lipinski definition) is 3. The molecule has 2 aliphatic rings. The summed E-state index contributed by atoms with van der Waals surface area (Å²) < 4.78 is 0. The number of amides is 2. The Morgan fingerprint density at radius 1 is 1.26 bits per heavy atom. The van der Waals surface area contributed by atoms with Crippen LogP contribution >= 0.6 is 24.0 Å². The molecule has 2 amide bonds. The second-order valence-electron chi connectivity index (χ2n) is 6.29. The van der Waals surface area contributed by atoms with Crippen molar-refractivity contribution in [2.45, 2.75) is 44.2 Å². The Kier molecular flexibility index (Phi) is 5.89. The highest BCUT2D eigenvalue weighted by molar-refractivity contribution is 6.33. The minimum absolute atomic E-state index is 0. The molecule has 0 aromatic heterocycles. The van der Waals surface area contributed by atoms with Gasteiger partial charge in [0, 0.05) is 24.2 Å². The van der Waals surface area contributed by atoms with E-state index in [0.717, 1.165) is 12.8 Å². The van der Waals surface area contributed by atoms with Crippen LogP contribution in [0, 0.1) is 5.92 Å². The lowest BCUT2D eigenvalue weighted by Crippen LogP contribution is -2.39. The molecule has 0 aliphatic carbocycles. The second-order valence-corrected chi connectivity index (χ2v) is 6.69. The maximum absolute atomic E-state index is 12.2. The van der Waals surface area contributed by atoms with Gasteiger partial charge in [0.25, 0.3) is 0 Å². The van der Waals surface area contributed by atoms with Crippen molar-refractivity contribution in [1.82, 2.24) is 5.32 Å². The van der Waals surface area contributed by atoms with Gasteiger partial charge in [0.2, 0.25) is 11.8 Å². The minimum atomic E-state index is -0.601. The molecule has 2 fully saturated rings. The topological polar surface area (TPSA) is 84.2 Å². The molecule has 2 aliphatic heterocycles. The molecule has 1 aromatic rings. The fourth-order valence-electron chi connectivity index (χ4n) is 3.61. The maximum Gasteiger partial charge on any atom is 0.250 e.